The Kier molecular flexibility index (Phi) is 3.04. The molecule has 0 fully saturated rings. The first-order chi connectivity index (χ1) is 7.40. The molecule has 5 heteroatoms. The SMILES string of the molecule is NCCc1nncn1Cc1ccncc1. The number of pyridine rings is 1. The molecule has 0 spiro atoms. The molecule has 0 aliphatic heterocycles. The Morgan fingerprint density at radius 2 is 2.07 bits per heavy atom. The first-order valence-electron chi connectivity index (χ1n) is 4.86. The van der Waals surface area contributed by atoms with Crippen molar-refractivity contribution in [1.29, 1.82) is 0 Å². The van der Waals surface area contributed by atoms with Crippen molar-refractivity contribution >= 4 is 0 Å². The lowest BCUT2D eigenvalue weighted by molar-refractivity contribution is 0.716. The zero-order valence-corrected chi connectivity index (χ0v) is 8.37. The highest BCUT2D eigenvalue weighted by atomic mass is 15.3. The molecule has 2 aromatic heterocycles. The van der Waals surface area contributed by atoms with Gasteiger partial charge in [0.2, 0.25) is 0 Å². The van der Waals surface area contributed by atoms with E-state index in [1.807, 2.05) is 16.7 Å². The van der Waals surface area contributed by atoms with Crippen molar-refractivity contribution in [2.45, 2.75) is 13.0 Å². The van der Waals surface area contributed by atoms with Gasteiger partial charge in [-0.25, -0.2) is 0 Å². The van der Waals surface area contributed by atoms with E-state index in [1.165, 1.54) is 5.56 Å². The first-order valence-corrected chi connectivity index (χ1v) is 4.86. The monoisotopic (exact) mass is 203 g/mol. The molecule has 0 bridgehead atoms. The molecule has 0 aliphatic rings. The van der Waals surface area contributed by atoms with Crippen molar-refractivity contribution in [3.8, 4) is 0 Å². The third-order valence-corrected chi connectivity index (χ3v) is 2.17. The Bertz CT molecular complexity index is 409. The highest BCUT2D eigenvalue weighted by molar-refractivity contribution is 5.10. The van der Waals surface area contributed by atoms with Crippen molar-refractivity contribution in [3.05, 3.63) is 42.2 Å². The van der Waals surface area contributed by atoms with E-state index >= 15 is 0 Å². The maximum atomic E-state index is 5.49. The van der Waals surface area contributed by atoms with Crippen LogP contribution in [0.1, 0.15) is 11.4 Å². The Hall–Kier alpha value is -1.75. The van der Waals surface area contributed by atoms with Crippen LogP contribution in [0.15, 0.2) is 30.9 Å². The Morgan fingerprint density at radius 3 is 2.80 bits per heavy atom. The highest BCUT2D eigenvalue weighted by Crippen LogP contribution is 2.03. The third-order valence-electron chi connectivity index (χ3n) is 2.17. The second kappa shape index (κ2) is 4.65. The van der Waals surface area contributed by atoms with Crippen LogP contribution in [0, 0.1) is 0 Å². The molecule has 2 N–H and O–H groups in total. The topological polar surface area (TPSA) is 69.6 Å². The van der Waals surface area contributed by atoms with E-state index in [-0.39, 0.29) is 0 Å². The molecule has 5 nitrogen and oxygen atoms in total. The lowest BCUT2D eigenvalue weighted by Gasteiger charge is -2.05. The lowest BCUT2D eigenvalue weighted by Crippen LogP contribution is -2.10. The van der Waals surface area contributed by atoms with Crippen molar-refractivity contribution in [1.82, 2.24) is 19.7 Å². The summed E-state index contributed by atoms with van der Waals surface area (Å²) in [7, 11) is 0. The summed E-state index contributed by atoms with van der Waals surface area (Å²) in [5, 5.41) is 7.90. The van der Waals surface area contributed by atoms with E-state index in [4.69, 9.17) is 5.73 Å². The van der Waals surface area contributed by atoms with E-state index in [1.54, 1.807) is 18.7 Å². The van der Waals surface area contributed by atoms with Crippen LogP contribution in [0.3, 0.4) is 0 Å². The zero-order chi connectivity index (χ0) is 10.5. The van der Waals surface area contributed by atoms with Crippen LogP contribution in [-0.2, 0) is 13.0 Å². The molecule has 0 unspecified atom stereocenters. The zero-order valence-electron chi connectivity index (χ0n) is 8.37. The summed E-state index contributed by atoms with van der Waals surface area (Å²) in [4.78, 5) is 3.97. The van der Waals surface area contributed by atoms with E-state index in [9.17, 15) is 0 Å². The predicted molar refractivity (Wildman–Crippen MR) is 56.1 cm³/mol. The first kappa shape index (κ1) is 9.79. The largest absolute Gasteiger partial charge is 0.330 e. The highest BCUT2D eigenvalue weighted by Gasteiger charge is 2.03. The van der Waals surface area contributed by atoms with Gasteiger partial charge in [0, 0.05) is 18.8 Å². The molecular weight excluding hydrogens is 190 g/mol. The third kappa shape index (κ3) is 2.38. The van der Waals surface area contributed by atoms with Gasteiger partial charge in [-0.2, -0.15) is 0 Å². The van der Waals surface area contributed by atoms with E-state index in [2.05, 4.69) is 15.2 Å². The van der Waals surface area contributed by atoms with Gasteiger partial charge < -0.3 is 10.3 Å². The summed E-state index contributed by atoms with van der Waals surface area (Å²) in [5.74, 6) is 0.925. The van der Waals surface area contributed by atoms with Crippen molar-refractivity contribution < 1.29 is 0 Å². The van der Waals surface area contributed by atoms with Gasteiger partial charge >= 0.3 is 0 Å². The van der Waals surface area contributed by atoms with E-state index in [0.717, 1.165) is 18.8 Å². The van der Waals surface area contributed by atoms with Gasteiger partial charge in [-0.15, -0.1) is 10.2 Å². The summed E-state index contributed by atoms with van der Waals surface area (Å²) in [6.45, 7) is 1.36. The molecule has 0 aliphatic carbocycles. The Labute approximate surface area is 88.0 Å². The summed E-state index contributed by atoms with van der Waals surface area (Å²) in [6.07, 6.45) is 6.04. The summed E-state index contributed by atoms with van der Waals surface area (Å²) in [5.41, 5.74) is 6.67. The van der Waals surface area contributed by atoms with Gasteiger partial charge in [0.25, 0.3) is 0 Å². The number of hydrogen-bond donors (Lipinski definition) is 1. The minimum Gasteiger partial charge on any atom is -0.330 e. The maximum absolute atomic E-state index is 5.49. The van der Waals surface area contributed by atoms with Crippen LogP contribution in [0.5, 0.6) is 0 Å². The second-order valence-electron chi connectivity index (χ2n) is 3.27. The fourth-order valence-electron chi connectivity index (χ4n) is 1.42. The van der Waals surface area contributed by atoms with Crippen molar-refractivity contribution in [3.63, 3.8) is 0 Å². The normalized spacial score (nSPS) is 10.5. The molecule has 2 rings (SSSR count). The van der Waals surface area contributed by atoms with Gasteiger partial charge in [-0.1, -0.05) is 0 Å². The van der Waals surface area contributed by atoms with Crippen LogP contribution in [0.4, 0.5) is 0 Å². The van der Waals surface area contributed by atoms with Gasteiger partial charge in [0.15, 0.2) is 0 Å². The van der Waals surface area contributed by atoms with Crippen molar-refractivity contribution in [2.24, 2.45) is 5.73 Å². The number of aromatic nitrogens is 4. The fourth-order valence-corrected chi connectivity index (χ4v) is 1.42. The average Bonchev–Trinajstić information content (AvgIpc) is 2.68. The van der Waals surface area contributed by atoms with Gasteiger partial charge in [-0.05, 0) is 24.2 Å². The molecule has 2 heterocycles. The van der Waals surface area contributed by atoms with Crippen LogP contribution >= 0.6 is 0 Å². The molecule has 0 aromatic carbocycles. The molecule has 0 amide bonds. The van der Waals surface area contributed by atoms with Gasteiger partial charge in [0.1, 0.15) is 12.2 Å². The van der Waals surface area contributed by atoms with Crippen LogP contribution in [0.2, 0.25) is 0 Å². The van der Waals surface area contributed by atoms with Gasteiger partial charge in [-0.3, -0.25) is 4.98 Å². The average molecular weight is 203 g/mol. The number of rotatable bonds is 4. The fraction of sp³-hybridized carbons (Fsp3) is 0.300. The smallest absolute Gasteiger partial charge is 0.134 e. The quantitative estimate of drug-likeness (QED) is 0.771. The standard InChI is InChI=1S/C10H13N5/c11-4-1-10-14-13-8-15(10)7-9-2-5-12-6-3-9/h2-3,5-6,8H,1,4,7,11H2. The van der Waals surface area contributed by atoms with Crippen LogP contribution < -0.4 is 5.73 Å². The number of hydrogen-bond acceptors (Lipinski definition) is 4. The van der Waals surface area contributed by atoms with Gasteiger partial charge in [0.05, 0.1) is 6.54 Å². The molecule has 78 valence electrons. The minimum absolute atomic E-state index is 0.592. The minimum atomic E-state index is 0.592. The summed E-state index contributed by atoms with van der Waals surface area (Å²) >= 11 is 0. The molecule has 0 saturated heterocycles. The second-order valence-corrected chi connectivity index (χ2v) is 3.27. The molecular formula is C10H13N5. The maximum Gasteiger partial charge on any atom is 0.134 e. The van der Waals surface area contributed by atoms with Crippen LogP contribution in [-0.4, -0.2) is 26.3 Å². The predicted octanol–water partition coefficient (Wildman–Crippen LogP) is 0.223. The number of nitrogens with zero attached hydrogens (tertiary/aromatic N) is 4. The summed E-state index contributed by atoms with van der Waals surface area (Å²) in [6, 6.07) is 3.96. The van der Waals surface area contributed by atoms with Crippen molar-refractivity contribution in [2.75, 3.05) is 6.54 Å². The summed E-state index contributed by atoms with van der Waals surface area (Å²) < 4.78 is 2.00. The van der Waals surface area contributed by atoms with E-state index < -0.39 is 0 Å². The van der Waals surface area contributed by atoms with Crippen LogP contribution in [0.25, 0.3) is 0 Å². The van der Waals surface area contributed by atoms with E-state index in [0.29, 0.717) is 6.54 Å². The molecule has 2 aromatic rings. The Balaban J connectivity index is 2.14. The Morgan fingerprint density at radius 1 is 1.27 bits per heavy atom. The molecule has 0 radical (unpaired) electrons. The lowest BCUT2D eigenvalue weighted by atomic mass is 10.2. The number of nitrogens with two attached hydrogens (primary N) is 1. The molecule has 15 heavy (non-hydrogen) atoms. The molecule has 0 saturated carbocycles. The molecule has 0 atom stereocenters.